The van der Waals surface area contributed by atoms with Gasteiger partial charge in [0.2, 0.25) is 0 Å². The van der Waals surface area contributed by atoms with E-state index in [2.05, 4.69) is 5.32 Å². The highest BCUT2D eigenvalue weighted by atomic mass is 16.4. The summed E-state index contributed by atoms with van der Waals surface area (Å²) in [4.78, 5) is 24.3. The van der Waals surface area contributed by atoms with Crippen molar-refractivity contribution in [2.45, 2.75) is 44.6 Å². The standard InChI is InChI=1S/C12H20N2O3/c1-14(9-3-4-9)11(17)13-8-12(5-2-6-12)7-10(15)16/h9H,2-8H2,1H3,(H,13,17)(H,15,16). The van der Waals surface area contributed by atoms with Gasteiger partial charge in [0.25, 0.3) is 0 Å². The molecule has 0 aliphatic heterocycles. The van der Waals surface area contributed by atoms with Gasteiger partial charge in [-0.15, -0.1) is 0 Å². The van der Waals surface area contributed by atoms with Crippen molar-refractivity contribution in [2.75, 3.05) is 13.6 Å². The van der Waals surface area contributed by atoms with Crippen LogP contribution in [-0.2, 0) is 4.79 Å². The molecular formula is C12H20N2O3. The fourth-order valence-electron chi connectivity index (χ4n) is 2.43. The summed E-state index contributed by atoms with van der Waals surface area (Å²) in [6.45, 7) is 0.495. The average molecular weight is 240 g/mol. The predicted molar refractivity (Wildman–Crippen MR) is 62.7 cm³/mol. The number of carbonyl (C=O) groups excluding carboxylic acids is 1. The van der Waals surface area contributed by atoms with E-state index in [4.69, 9.17) is 5.11 Å². The first-order chi connectivity index (χ1) is 8.02. The third-order valence-electron chi connectivity index (χ3n) is 3.97. The van der Waals surface area contributed by atoms with Gasteiger partial charge in [-0.05, 0) is 31.1 Å². The van der Waals surface area contributed by atoms with E-state index in [0.717, 1.165) is 32.1 Å². The molecule has 17 heavy (non-hydrogen) atoms. The first kappa shape index (κ1) is 12.2. The van der Waals surface area contributed by atoms with Crippen molar-refractivity contribution >= 4 is 12.0 Å². The second kappa shape index (κ2) is 4.55. The molecule has 0 aromatic carbocycles. The number of hydrogen-bond donors (Lipinski definition) is 2. The maximum absolute atomic E-state index is 11.8. The Kier molecular flexibility index (Phi) is 3.26. The predicted octanol–water partition coefficient (Wildman–Crippen LogP) is 1.44. The highest BCUT2D eigenvalue weighted by Crippen LogP contribution is 2.43. The van der Waals surface area contributed by atoms with Crippen LogP contribution >= 0.6 is 0 Å². The molecule has 0 aromatic rings. The quantitative estimate of drug-likeness (QED) is 0.764. The van der Waals surface area contributed by atoms with Crippen molar-refractivity contribution in [3.05, 3.63) is 0 Å². The number of nitrogens with zero attached hydrogens (tertiary/aromatic N) is 1. The van der Waals surface area contributed by atoms with Gasteiger partial charge >= 0.3 is 12.0 Å². The van der Waals surface area contributed by atoms with E-state index in [1.807, 2.05) is 0 Å². The number of nitrogens with one attached hydrogen (secondary N) is 1. The van der Waals surface area contributed by atoms with Crippen LogP contribution in [0.2, 0.25) is 0 Å². The van der Waals surface area contributed by atoms with Gasteiger partial charge in [-0.2, -0.15) is 0 Å². The van der Waals surface area contributed by atoms with Crippen LogP contribution in [0.1, 0.15) is 38.5 Å². The summed E-state index contributed by atoms with van der Waals surface area (Å²) in [7, 11) is 1.80. The molecular weight excluding hydrogens is 220 g/mol. The molecule has 96 valence electrons. The fraction of sp³-hybridized carbons (Fsp3) is 0.833. The van der Waals surface area contributed by atoms with Crippen molar-refractivity contribution in [1.82, 2.24) is 10.2 Å². The lowest BCUT2D eigenvalue weighted by Crippen LogP contribution is -2.47. The zero-order valence-corrected chi connectivity index (χ0v) is 10.2. The molecule has 2 amide bonds. The Bertz CT molecular complexity index is 322. The highest BCUT2D eigenvalue weighted by molar-refractivity contribution is 5.75. The van der Waals surface area contributed by atoms with Crippen molar-refractivity contribution in [2.24, 2.45) is 5.41 Å². The number of carbonyl (C=O) groups is 2. The number of carboxylic acid groups (broad SMARTS) is 1. The molecule has 2 saturated carbocycles. The summed E-state index contributed by atoms with van der Waals surface area (Å²) in [6.07, 6.45) is 5.23. The summed E-state index contributed by atoms with van der Waals surface area (Å²) in [6, 6.07) is 0.330. The van der Waals surface area contributed by atoms with E-state index in [1.165, 1.54) is 0 Å². The zero-order chi connectivity index (χ0) is 12.5. The molecule has 0 atom stereocenters. The molecule has 5 nitrogen and oxygen atoms in total. The van der Waals surface area contributed by atoms with E-state index in [9.17, 15) is 9.59 Å². The molecule has 2 aliphatic rings. The van der Waals surface area contributed by atoms with Gasteiger partial charge < -0.3 is 15.3 Å². The first-order valence-electron chi connectivity index (χ1n) is 6.25. The summed E-state index contributed by atoms with van der Waals surface area (Å²) < 4.78 is 0. The lowest BCUT2D eigenvalue weighted by atomic mass is 9.66. The maximum Gasteiger partial charge on any atom is 0.317 e. The largest absolute Gasteiger partial charge is 0.481 e. The number of amides is 2. The highest BCUT2D eigenvalue weighted by Gasteiger charge is 2.40. The monoisotopic (exact) mass is 240 g/mol. The molecule has 2 aliphatic carbocycles. The van der Waals surface area contributed by atoms with Crippen LogP contribution in [0.15, 0.2) is 0 Å². The molecule has 0 radical (unpaired) electrons. The van der Waals surface area contributed by atoms with Crippen LogP contribution in [0, 0.1) is 5.41 Å². The number of aliphatic carboxylic acids is 1. The van der Waals surface area contributed by atoms with Crippen LogP contribution in [0.4, 0.5) is 4.79 Å². The Morgan fingerprint density at radius 3 is 2.47 bits per heavy atom. The smallest absolute Gasteiger partial charge is 0.317 e. The minimum atomic E-state index is -0.769. The molecule has 0 heterocycles. The third kappa shape index (κ3) is 2.90. The molecule has 0 saturated heterocycles. The molecule has 0 aromatic heterocycles. The van der Waals surface area contributed by atoms with E-state index in [0.29, 0.717) is 12.6 Å². The van der Waals surface area contributed by atoms with Gasteiger partial charge in [0.15, 0.2) is 0 Å². The number of hydrogen-bond acceptors (Lipinski definition) is 2. The van der Waals surface area contributed by atoms with Gasteiger partial charge in [0.05, 0.1) is 6.42 Å². The summed E-state index contributed by atoms with van der Waals surface area (Å²) in [5, 5.41) is 11.7. The van der Waals surface area contributed by atoms with Crippen molar-refractivity contribution in [3.63, 3.8) is 0 Å². The second-order valence-corrected chi connectivity index (χ2v) is 5.42. The summed E-state index contributed by atoms with van der Waals surface area (Å²) >= 11 is 0. The van der Waals surface area contributed by atoms with Crippen LogP contribution in [-0.4, -0.2) is 41.6 Å². The SMILES string of the molecule is CN(C(=O)NCC1(CC(=O)O)CCC1)C1CC1. The second-order valence-electron chi connectivity index (χ2n) is 5.42. The van der Waals surface area contributed by atoms with E-state index in [-0.39, 0.29) is 17.9 Å². The van der Waals surface area contributed by atoms with Gasteiger partial charge in [-0.1, -0.05) is 6.42 Å². The van der Waals surface area contributed by atoms with Crippen molar-refractivity contribution in [3.8, 4) is 0 Å². The maximum atomic E-state index is 11.8. The molecule has 0 spiro atoms. The fourth-order valence-corrected chi connectivity index (χ4v) is 2.43. The number of urea groups is 1. The minimum Gasteiger partial charge on any atom is -0.481 e. The minimum absolute atomic E-state index is 0.0656. The Balaban J connectivity index is 1.79. The van der Waals surface area contributed by atoms with Gasteiger partial charge in [-0.3, -0.25) is 4.79 Å². The van der Waals surface area contributed by atoms with Crippen molar-refractivity contribution in [1.29, 1.82) is 0 Å². The summed E-state index contributed by atoms with van der Waals surface area (Å²) in [5.41, 5.74) is -0.189. The van der Waals surface area contributed by atoms with Gasteiger partial charge in [0.1, 0.15) is 0 Å². The van der Waals surface area contributed by atoms with E-state index >= 15 is 0 Å². The molecule has 5 heteroatoms. The average Bonchev–Trinajstić information content (AvgIpc) is 3.03. The molecule has 2 fully saturated rings. The Labute approximate surface area is 101 Å². The first-order valence-corrected chi connectivity index (χ1v) is 6.25. The number of carboxylic acids is 1. The molecule has 0 bridgehead atoms. The normalized spacial score (nSPS) is 21.5. The summed E-state index contributed by atoms with van der Waals surface area (Å²) in [5.74, 6) is -0.769. The van der Waals surface area contributed by atoms with Crippen molar-refractivity contribution < 1.29 is 14.7 Å². The molecule has 0 unspecified atom stereocenters. The van der Waals surface area contributed by atoms with Gasteiger partial charge in [0, 0.05) is 19.6 Å². The van der Waals surface area contributed by atoms with Crippen LogP contribution in [0.25, 0.3) is 0 Å². The topological polar surface area (TPSA) is 69.6 Å². The Hall–Kier alpha value is -1.26. The van der Waals surface area contributed by atoms with E-state index < -0.39 is 5.97 Å². The Morgan fingerprint density at radius 2 is 2.06 bits per heavy atom. The lowest BCUT2D eigenvalue weighted by Gasteiger charge is -2.41. The zero-order valence-electron chi connectivity index (χ0n) is 10.2. The van der Waals surface area contributed by atoms with E-state index in [1.54, 1.807) is 11.9 Å². The molecule has 2 N–H and O–H groups in total. The third-order valence-corrected chi connectivity index (χ3v) is 3.97. The van der Waals surface area contributed by atoms with Gasteiger partial charge in [-0.25, -0.2) is 4.79 Å². The molecule has 2 rings (SSSR count). The lowest BCUT2D eigenvalue weighted by molar-refractivity contribution is -0.141. The number of rotatable bonds is 5. The van der Waals surface area contributed by atoms with Crippen LogP contribution < -0.4 is 5.32 Å². The van der Waals surface area contributed by atoms with Crippen LogP contribution in [0.3, 0.4) is 0 Å². The van der Waals surface area contributed by atoms with Crippen LogP contribution in [0.5, 0.6) is 0 Å². The Morgan fingerprint density at radius 1 is 1.41 bits per heavy atom.